The summed E-state index contributed by atoms with van der Waals surface area (Å²) in [5, 5.41) is 0. The van der Waals surface area contributed by atoms with Crippen LogP contribution in [0.15, 0.2) is 12.1 Å². The third-order valence-electron chi connectivity index (χ3n) is 1.84. The van der Waals surface area contributed by atoms with Gasteiger partial charge in [0.15, 0.2) is 0 Å². The summed E-state index contributed by atoms with van der Waals surface area (Å²) in [5.41, 5.74) is 3.00. The zero-order valence-corrected chi connectivity index (χ0v) is 7.28. The van der Waals surface area contributed by atoms with Crippen LogP contribution in [-0.4, -0.2) is 6.61 Å². The highest BCUT2D eigenvalue weighted by molar-refractivity contribution is 7.12. The summed E-state index contributed by atoms with van der Waals surface area (Å²) in [6, 6.07) is 4.76. The molecule has 1 N–H and O–H groups in total. The molecule has 3 heteroatoms. The van der Waals surface area contributed by atoms with E-state index in [9.17, 15) is 0 Å². The van der Waals surface area contributed by atoms with E-state index in [0.29, 0.717) is 6.04 Å². The van der Waals surface area contributed by atoms with Crippen molar-refractivity contribution in [2.24, 2.45) is 0 Å². The molecule has 0 amide bonds. The average molecular weight is 169 g/mol. The normalized spacial score (nSPS) is 24.3. The Morgan fingerprint density at radius 3 is 3.09 bits per heavy atom. The Morgan fingerprint density at radius 1 is 1.64 bits per heavy atom. The van der Waals surface area contributed by atoms with Gasteiger partial charge in [-0.1, -0.05) is 0 Å². The fourth-order valence-electron chi connectivity index (χ4n) is 1.24. The van der Waals surface area contributed by atoms with Gasteiger partial charge in [-0.05, 0) is 25.5 Å². The van der Waals surface area contributed by atoms with Crippen molar-refractivity contribution in [1.82, 2.24) is 5.48 Å². The first-order valence-corrected chi connectivity index (χ1v) is 4.61. The highest BCUT2D eigenvalue weighted by atomic mass is 32.1. The summed E-state index contributed by atoms with van der Waals surface area (Å²) in [7, 11) is 0. The molecule has 1 aromatic rings. The van der Waals surface area contributed by atoms with Crippen LogP contribution in [0.5, 0.6) is 0 Å². The lowest BCUT2D eigenvalue weighted by Crippen LogP contribution is -2.09. The summed E-state index contributed by atoms with van der Waals surface area (Å²) < 4.78 is 0. The molecule has 1 aliphatic rings. The number of hydroxylamine groups is 1. The van der Waals surface area contributed by atoms with Gasteiger partial charge in [0.25, 0.3) is 0 Å². The molecule has 0 radical (unpaired) electrons. The number of rotatable bonds is 1. The zero-order chi connectivity index (χ0) is 7.68. The summed E-state index contributed by atoms with van der Waals surface area (Å²) in [4.78, 5) is 7.84. The Labute approximate surface area is 70.1 Å². The minimum absolute atomic E-state index is 0.439. The van der Waals surface area contributed by atoms with Gasteiger partial charge in [-0.2, -0.15) is 5.48 Å². The molecular weight excluding hydrogens is 158 g/mol. The van der Waals surface area contributed by atoms with Gasteiger partial charge in [0, 0.05) is 9.75 Å². The largest absolute Gasteiger partial charge is 0.301 e. The molecule has 2 heterocycles. The quantitative estimate of drug-likeness (QED) is 0.694. The van der Waals surface area contributed by atoms with Crippen LogP contribution in [0.25, 0.3) is 0 Å². The maximum absolute atomic E-state index is 5.08. The smallest absolute Gasteiger partial charge is 0.0701 e. The third-order valence-corrected chi connectivity index (χ3v) is 2.95. The Balaban J connectivity index is 2.15. The van der Waals surface area contributed by atoms with Crippen molar-refractivity contribution in [2.75, 3.05) is 6.61 Å². The molecule has 2 nitrogen and oxygen atoms in total. The molecule has 1 aromatic heterocycles. The summed E-state index contributed by atoms with van der Waals surface area (Å²) in [6.45, 7) is 2.96. The SMILES string of the molecule is Cc1ccc([C@@H]2CCON2)s1. The second-order valence-corrected chi connectivity index (χ2v) is 4.08. The Hall–Kier alpha value is -0.380. The maximum atomic E-state index is 5.08. The predicted octanol–water partition coefficient (Wildman–Crippen LogP) is 2.02. The van der Waals surface area contributed by atoms with Crippen molar-refractivity contribution < 1.29 is 4.84 Å². The standard InChI is InChI=1S/C8H11NOS/c1-6-2-3-8(11-6)7-4-5-10-9-7/h2-3,7,9H,4-5H2,1H3/t7-/m0/s1. The van der Waals surface area contributed by atoms with Crippen LogP contribution in [0.1, 0.15) is 22.2 Å². The van der Waals surface area contributed by atoms with Crippen molar-refractivity contribution in [3.63, 3.8) is 0 Å². The van der Waals surface area contributed by atoms with Crippen LogP contribution < -0.4 is 5.48 Å². The minimum atomic E-state index is 0.439. The molecule has 0 aromatic carbocycles. The predicted molar refractivity (Wildman–Crippen MR) is 45.5 cm³/mol. The number of thiophene rings is 1. The second-order valence-electron chi connectivity index (χ2n) is 2.76. The molecular formula is C8H11NOS. The van der Waals surface area contributed by atoms with Gasteiger partial charge in [0.2, 0.25) is 0 Å². The van der Waals surface area contributed by atoms with Gasteiger partial charge in [0.05, 0.1) is 12.6 Å². The number of hydrogen-bond acceptors (Lipinski definition) is 3. The van der Waals surface area contributed by atoms with Crippen LogP contribution >= 0.6 is 11.3 Å². The molecule has 2 rings (SSSR count). The number of aryl methyl sites for hydroxylation is 1. The molecule has 0 bridgehead atoms. The summed E-state index contributed by atoms with van der Waals surface area (Å²) in [5.74, 6) is 0. The molecule has 0 saturated carbocycles. The first-order valence-electron chi connectivity index (χ1n) is 3.80. The van der Waals surface area contributed by atoms with Crippen LogP contribution in [0, 0.1) is 6.92 Å². The van der Waals surface area contributed by atoms with Gasteiger partial charge in [-0.25, -0.2) is 0 Å². The van der Waals surface area contributed by atoms with Crippen LogP contribution in [-0.2, 0) is 4.84 Å². The Bertz CT molecular complexity index is 240. The van der Waals surface area contributed by atoms with E-state index in [2.05, 4.69) is 24.5 Å². The van der Waals surface area contributed by atoms with Gasteiger partial charge >= 0.3 is 0 Å². The average Bonchev–Trinajstić information content (AvgIpc) is 2.55. The van der Waals surface area contributed by atoms with E-state index in [1.807, 2.05) is 11.3 Å². The molecule has 0 unspecified atom stereocenters. The van der Waals surface area contributed by atoms with E-state index in [4.69, 9.17) is 4.84 Å². The highest BCUT2D eigenvalue weighted by Crippen LogP contribution is 2.27. The topological polar surface area (TPSA) is 21.3 Å². The lowest BCUT2D eigenvalue weighted by molar-refractivity contribution is 0.0888. The van der Waals surface area contributed by atoms with E-state index in [1.54, 1.807) is 0 Å². The number of hydrogen-bond donors (Lipinski definition) is 1. The Morgan fingerprint density at radius 2 is 2.55 bits per heavy atom. The summed E-state index contributed by atoms with van der Waals surface area (Å²) in [6.07, 6.45) is 1.10. The minimum Gasteiger partial charge on any atom is -0.301 e. The molecule has 11 heavy (non-hydrogen) atoms. The van der Waals surface area contributed by atoms with Crippen molar-refractivity contribution in [2.45, 2.75) is 19.4 Å². The van der Waals surface area contributed by atoms with E-state index >= 15 is 0 Å². The molecule has 1 aliphatic heterocycles. The van der Waals surface area contributed by atoms with Crippen molar-refractivity contribution in [3.8, 4) is 0 Å². The molecule has 1 atom stereocenters. The lowest BCUT2D eigenvalue weighted by atomic mass is 10.2. The van der Waals surface area contributed by atoms with E-state index in [-0.39, 0.29) is 0 Å². The van der Waals surface area contributed by atoms with Crippen LogP contribution in [0.4, 0.5) is 0 Å². The van der Waals surface area contributed by atoms with Gasteiger partial charge < -0.3 is 4.84 Å². The molecule has 0 spiro atoms. The van der Waals surface area contributed by atoms with Gasteiger partial charge in [-0.15, -0.1) is 11.3 Å². The maximum Gasteiger partial charge on any atom is 0.0701 e. The first kappa shape index (κ1) is 7.28. The van der Waals surface area contributed by atoms with E-state index in [1.165, 1.54) is 9.75 Å². The molecule has 60 valence electrons. The lowest BCUT2D eigenvalue weighted by Gasteiger charge is -2.03. The van der Waals surface area contributed by atoms with Gasteiger partial charge in [-0.3, -0.25) is 0 Å². The second kappa shape index (κ2) is 2.93. The first-order chi connectivity index (χ1) is 5.36. The van der Waals surface area contributed by atoms with Crippen molar-refractivity contribution in [3.05, 3.63) is 21.9 Å². The molecule has 1 saturated heterocycles. The van der Waals surface area contributed by atoms with Crippen molar-refractivity contribution >= 4 is 11.3 Å². The monoisotopic (exact) mass is 169 g/mol. The van der Waals surface area contributed by atoms with Gasteiger partial charge in [0.1, 0.15) is 0 Å². The zero-order valence-electron chi connectivity index (χ0n) is 6.46. The fourth-order valence-corrected chi connectivity index (χ4v) is 2.19. The van der Waals surface area contributed by atoms with Crippen molar-refractivity contribution in [1.29, 1.82) is 0 Å². The highest BCUT2D eigenvalue weighted by Gasteiger charge is 2.17. The molecule has 0 aliphatic carbocycles. The Kier molecular flexibility index (Phi) is 1.94. The van der Waals surface area contributed by atoms with Crippen LogP contribution in [0.2, 0.25) is 0 Å². The van der Waals surface area contributed by atoms with Crippen LogP contribution in [0.3, 0.4) is 0 Å². The third kappa shape index (κ3) is 1.45. The van der Waals surface area contributed by atoms with E-state index in [0.717, 1.165) is 13.0 Å². The molecule has 1 fully saturated rings. The van der Waals surface area contributed by atoms with E-state index < -0.39 is 0 Å². The fraction of sp³-hybridized carbons (Fsp3) is 0.500. The summed E-state index contributed by atoms with van der Waals surface area (Å²) >= 11 is 1.84. The number of nitrogens with one attached hydrogen (secondary N) is 1.